The molecule has 2 aliphatic rings. The van der Waals surface area contributed by atoms with Crippen LogP contribution in [0.3, 0.4) is 0 Å². The maximum Gasteiger partial charge on any atom is 0.337 e. The van der Waals surface area contributed by atoms with Crippen molar-refractivity contribution in [3.05, 3.63) is 89.5 Å². The van der Waals surface area contributed by atoms with Gasteiger partial charge in [-0.15, -0.1) is 0 Å². The fraction of sp³-hybridized carbons (Fsp3) is 0.273. The summed E-state index contributed by atoms with van der Waals surface area (Å²) in [6, 6.07) is 21.3. The van der Waals surface area contributed by atoms with E-state index in [-0.39, 0.29) is 22.7 Å². The molecular formula is C33H36N6O5. The van der Waals surface area contributed by atoms with Crippen LogP contribution in [-0.2, 0) is 19.1 Å². The van der Waals surface area contributed by atoms with Crippen molar-refractivity contribution in [2.75, 3.05) is 75.6 Å². The molecule has 11 nitrogen and oxygen atoms in total. The summed E-state index contributed by atoms with van der Waals surface area (Å²) in [5.41, 5.74) is 9.45. The summed E-state index contributed by atoms with van der Waals surface area (Å²) in [5.74, 6) is -1.75. The molecule has 44 heavy (non-hydrogen) atoms. The SMILES string of the molecule is COC(=O)c1ccc2c(c1)N(C(=O)CN)C(=O)/C2=C(\Nc1ccc(N(C)C(=O)CN2CCN(C)CC2)cc1)c1ccccc1. The number of nitrogens with zero attached hydrogens (tertiary/aromatic N) is 4. The Morgan fingerprint density at radius 1 is 0.932 bits per heavy atom. The molecule has 0 saturated carbocycles. The number of amides is 3. The van der Waals surface area contributed by atoms with Crippen molar-refractivity contribution in [1.82, 2.24) is 9.80 Å². The van der Waals surface area contributed by atoms with Gasteiger partial charge < -0.3 is 25.6 Å². The Bertz CT molecular complexity index is 1600. The molecule has 0 radical (unpaired) electrons. The van der Waals surface area contributed by atoms with Crippen LogP contribution in [0.4, 0.5) is 17.1 Å². The van der Waals surface area contributed by atoms with Crippen molar-refractivity contribution >= 4 is 52.0 Å². The fourth-order valence-electron chi connectivity index (χ4n) is 5.33. The average molecular weight is 597 g/mol. The summed E-state index contributed by atoms with van der Waals surface area (Å²) in [5, 5.41) is 3.38. The van der Waals surface area contributed by atoms with Crippen molar-refractivity contribution < 1.29 is 23.9 Å². The van der Waals surface area contributed by atoms with Crippen molar-refractivity contribution in [3.63, 3.8) is 0 Å². The summed E-state index contributed by atoms with van der Waals surface area (Å²) in [6.07, 6.45) is 0. The van der Waals surface area contributed by atoms with Crippen LogP contribution < -0.4 is 20.9 Å². The van der Waals surface area contributed by atoms with Gasteiger partial charge >= 0.3 is 5.97 Å². The van der Waals surface area contributed by atoms with Crippen molar-refractivity contribution in [3.8, 4) is 0 Å². The first-order valence-corrected chi connectivity index (χ1v) is 14.4. The summed E-state index contributed by atoms with van der Waals surface area (Å²) < 4.78 is 4.85. The predicted molar refractivity (Wildman–Crippen MR) is 170 cm³/mol. The summed E-state index contributed by atoms with van der Waals surface area (Å²) in [6.45, 7) is 3.55. The molecule has 0 aliphatic carbocycles. The van der Waals surface area contributed by atoms with E-state index in [2.05, 4.69) is 22.2 Å². The van der Waals surface area contributed by atoms with Crippen LogP contribution in [0, 0.1) is 0 Å². The Kier molecular flexibility index (Phi) is 9.19. The molecule has 1 saturated heterocycles. The number of fused-ring (bicyclic) bond motifs is 1. The first-order chi connectivity index (χ1) is 21.2. The highest BCUT2D eigenvalue weighted by atomic mass is 16.5. The lowest BCUT2D eigenvalue weighted by Crippen LogP contribution is -2.48. The minimum atomic E-state index is -0.602. The number of hydrogen-bond acceptors (Lipinski definition) is 9. The number of anilines is 3. The minimum absolute atomic E-state index is 0.00602. The molecule has 0 spiro atoms. The number of imide groups is 1. The van der Waals surface area contributed by atoms with E-state index < -0.39 is 24.3 Å². The molecule has 5 rings (SSSR count). The minimum Gasteiger partial charge on any atom is -0.465 e. The maximum absolute atomic E-state index is 13.9. The second-order valence-electron chi connectivity index (χ2n) is 10.8. The Balaban J connectivity index is 1.48. The van der Waals surface area contributed by atoms with Gasteiger partial charge in [-0.2, -0.15) is 0 Å². The number of carbonyl (C=O) groups excluding carboxylic acids is 4. The smallest absolute Gasteiger partial charge is 0.337 e. The molecule has 228 valence electrons. The topological polar surface area (TPSA) is 129 Å². The molecule has 0 bridgehead atoms. The molecule has 11 heteroatoms. The summed E-state index contributed by atoms with van der Waals surface area (Å²) in [4.78, 5) is 59.1. The molecule has 0 atom stereocenters. The monoisotopic (exact) mass is 596 g/mol. The van der Waals surface area contributed by atoms with Crippen LogP contribution in [0.2, 0.25) is 0 Å². The van der Waals surface area contributed by atoms with E-state index in [0.717, 1.165) is 36.8 Å². The lowest BCUT2D eigenvalue weighted by atomic mass is 9.99. The predicted octanol–water partition coefficient (Wildman–Crippen LogP) is 2.50. The van der Waals surface area contributed by atoms with E-state index >= 15 is 0 Å². The van der Waals surface area contributed by atoms with E-state index in [0.29, 0.717) is 29.1 Å². The molecule has 2 heterocycles. The van der Waals surface area contributed by atoms with Gasteiger partial charge in [0.2, 0.25) is 11.8 Å². The van der Waals surface area contributed by atoms with Gasteiger partial charge in [0.15, 0.2) is 0 Å². The highest BCUT2D eigenvalue weighted by molar-refractivity contribution is 6.44. The second kappa shape index (κ2) is 13.2. The number of carbonyl (C=O) groups is 4. The second-order valence-corrected chi connectivity index (χ2v) is 10.8. The van der Waals surface area contributed by atoms with Gasteiger partial charge in [-0.1, -0.05) is 36.4 Å². The molecule has 1 fully saturated rings. The van der Waals surface area contributed by atoms with Gasteiger partial charge in [0.05, 0.1) is 42.7 Å². The Labute approximate surface area is 256 Å². The zero-order chi connectivity index (χ0) is 31.4. The number of esters is 1. The van der Waals surface area contributed by atoms with E-state index in [1.54, 1.807) is 24.1 Å². The van der Waals surface area contributed by atoms with Gasteiger partial charge in [-0.3, -0.25) is 19.3 Å². The maximum atomic E-state index is 13.9. The van der Waals surface area contributed by atoms with Gasteiger partial charge in [0, 0.05) is 50.2 Å². The van der Waals surface area contributed by atoms with Crippen molar-refractivity contribution in [1.29, 1.82) is 0 Å². The van der Waals surface area contributed by atoms with Crippen LogP contribution in [0.25, 0.3) is 11.3 Å². The van der Waals surface area contributed by atoms with E-state index in [4.69, 9.17) is 10.5 Å². The number of ether oxygens (including phenoxy) is 1. The Hall–Kier alpha value is -4.84. The highest BCUT2D eigenvalue weighted by Crippen LogP contribution is 2.42. The number of rotatable bonds is 8. The molecular weight excluding hydrogens is 560 g/mol. The number of nitrogens with one attached hydrogen (secondary N) is 1. The Morgan fingerprint density at radius 3 is 2.25 bits per heavy atom. The van der Waals surface area contributed by atoms with Crippen LogP contribution >= 0.6 is 0 Å². The van der Waals surface area contributed by atoms with Crippen LogP contribution in [0.15, 0.2) is 72.8 Å². The molecule has 3 aromatic carbocycles. The quantitative estimate of drug-likeness (QED) is 0.298. The van der Waals surface area contributed by atoms with Crippen LogP contribution in [-0.4, -0.2) is 94.0 Å². The third-order valence-corrected chi connectivity index (χ3v) is 7.94. The molecule has 3 N–H and O–H groups in total. The van der Waals surface area contributed by atoms with Gasteiger partial charge in [-0.25, -0.2) is 9.69 Å². The van der Waals surface area contributed by atoms with Crippen molar-refractivity contribution in [2.24, 2.45) is 5.73 Å². The van der Waals surface area contributed by atoms with Crippen LogP contribution in [0.1, 0.15) is 21.5 Å². The van der Waals surface area contributed by atoms with E-state index in [9.17, 15) is 19.2 Å². The van der Waals surface area contributed by atoms with Gasteiger partial charge in [-0.05, 0) is 49.0 Å². The molecule has 0 unspecified atom stereocenters. The number of benzene rings is 3. The first kappa shape index (κ1) is 30.6. The van der Waals surface area contributed by atoms with Gasteiger partial charge in [0.25, 0.3) is 5.91 Å². The molecule has 0 aromatic heterocycles. The van der Waals surface area contributed by atoms with Crippen LogP contribution in [0.5, 0.6) is 0 Å². The van der Waals surface area contributed by atoms with Gasteiger partial charge in [0.1, 0.15) is 0 Å². The lowest BCUT2D eigenvalue weighted by molar-refractivity contribution is -0.123. The third-order valence-electron chi connectivity index (χ3n) is 7.94. The number of hydrogen-bond donors (Lipinski definition) is 2. The Morgan fingerprint density at radius 2 is 1.61 bits per heavy atom. The van der Waals surface area contributed by atoms with Crippen molar-refractivity contribution in [2.45, 2.75) is 0 Å². The standard InChI is InChI=1S/C33H36N6O5/c1-36-15-17-38(18-16-36)21-29(41)37(2)25-12-10-24(11-13-25)35-31(22-7-5-4-6-8-22)30-26-14-9-23(33(43)44-3)19-27(26)39(32(30)42)28(40)20-34/h4-14,19,35H,15-18,20-21,34H2,1-3H3/b31-30-. The molecule has 2 aliphatic heterocycles. The van der Waals surface area contributed by atoms with E-state index in [1.165, 1.54) is 13.2 Å². The molecule has 3 aromatic rings. The number of likely N-dealkylation sites (N-methyl/N-ethyl adjacent to an activating group) is 2. The number of methoxy groups -OCH3 is 1. The lowest BCUT2D eigenvalue weighted by Gasteiger charge is -2.32. The first-order valence-electron chi connectivity index (χ1n) is 14.4. The zero-order valence-electron chi connectivity index (χ0n) is 25.1. The normalized spacial score (nSPS) is 16.4. The zero-order valence-corrected chi connectivity index (χ0v) is 25.1. The largest absolute Gasteiger partial charge is 0.465 e. The number of nitrogens with two attached hydrogens (primary N) is 1. The summed E-state index contributed by atoms with van der Waals surface area (Å²) in [7, 11) is 5.11. The van der Waals surface area contributed by atoms with E-state index in [1.807, 2.05) is 54.6 Å². The molecule has 3 amide bonds. The highest BCUT2D eigenvalue weighted by Gasteiger charge is 2.39. The fourth-order valence-corrected chi connectivity index (χ4v) is 5.33. The summed E-state index contributed by atoms with van der Waals surface area (Å²) >= 11 is 0. The number of piperazine rings is 1. The average Bonchev–Trinajstić information content (AvgIpc) is 3.34. The third kappa shape index (κ3) is 6.25.